The number of pyridine rings is 1. The molecule has 2 rings (SSSR count). The summed E-state index contributed by atoms with van der Waals surface area (Å²) in [6.45, 7) is 3.68. The molecule has 1 aromatic heterocycles. The van der Waals surface area contributed by atoms with Crippen molar-refractivity contribution in [2.45, 2.75) is 30.7 Å². The van der Waals surface area contributed by atoms with E-state index in [0.717, 1.165) is 25.9 Å². The first-order valence-corrected chi connectivity index (χ1v) is 8.09. The topological polar surface area (TPSA) is 94.9 Å². The first kappa shape index (κ1) is 14.9. The highest BCUT2D eigenvalue weighted by molar-refractivity contribution is 7.89. The van der Waals surface area contributed by atoms with Gasteiger partial charge in [0.05, 0.1) is 5.56 Å². The van der Waals surface area contributed by atoms with Crippen LogP contribution in [0.15, 0.2) is 23.4 Å². The predicted octanol–water partition coefficient (Wildman–Crippen LogP) is 0.620. The minimum Gasteiger partial charge on any atom is -0.316 e. The van der Waals surface area contributed by atoms with Crippen molar-refractivity contribution in [2.24, 2.45) is 5.92 Å². The minimum atomic E-state index is -3.63. The van der Waals surface area contributed by atoms with Gasteiger partial charge in [0, 0.05) is 18.4 Å². The summed E-state index contributed by atoms with van der Waals surface area (Å²) < 4.78 is 27.2. The van der Waals surface area contributed by atoms with Crippen LogP contribution in [0.3, 0.4) is 0 Å². The Labute approximate surface area is 119 Å². The molecule has 2 atom stereocenters. The molecule has 0 amide bonds. The highest BCUT2D eigenvalue weighted by atomic mass is 32.2. The summed E-state index contributed by atoms with van der Waals surface area (Å²) in [6, 6.07) is 3.07. The second-order valence-corrected chi connectivity index (χ2v) is 6.75. The van der Waals surface area contributed by atoms with Crippen LogP contribution < -0.4 is 10.0 Å². The average Bonchev–Trinajstić information content (AvgIpc) is 2.48. The zero-order valence-corrected chi connectivity index (χ0v) is 12.2. The van der Waals surface area contributed by atoms with Gasteiger partial charge in [0.15, 0.2) is 0 Å². The van der Waals surface area contributed by atoms with Gasteiger partial charge in [0.2, 0.25) is 10.0 Å². The molecule has 0 bridgehead atoms. The zero-order valence-electron chi connectivity index (χ0n) is 11.3. The molecule has 1 aliphatic rings. The molecule has 1 aliphatic heterocycles. The number of sulfonamides is 1. The van der Waals surface area contributed by atoms with Gasteiger partial charge in [-0.25, -0.2) is 13.1 Å². The lowest BCUT2D eigenvalue weighted by Gasteiger charge is -2.28. The molecule has 20 heavy (non-hydrogen) atoms. The summed E-state index contributed by atoms with van der Waals surface area (Å²) >= 11 is 0. The Morgan fingerprint density at radius 2 is 2.35 bits per heavy atom. The van der Waals surface area contributed by atoms with Crippen molar-refractivity contribution in [1.29, 1.82) is 5.26 Å². The normalized spacial score (nSPS) is 21.1. The Morgan fingerprint density at radius 3 is 3.00 bits per heavy atom. The van der Waals surface area contributed by atoms with E-state index in [1.54, 1.807) is 0 Å². The molecular formula is C13H18N4O2S. The fraction of sp³-hybridized carbons (Fsp3) is 0.538. The van der Waals surface area contributed by atoms with E-state index < -0.39 is 10.0 Å². The maximum atomic E-state index is 12.3. The lowest BCUT2D eigenvalue weighted by atomic mass is 9.94. The molecule has 0 radical (unpaired) electrons. The Hall–Kier alpha value is -1.49. The van der Waals surface area contributed by atoms with Crippen molar-refractivity contribution in [3.63, 3.8) is 0 Å². The molecule has 0 aliphatic carbocycles. The van der Waals surface area contributed by atoms with Crippen LogP contribution in [-0.4, -0.2) is 32.5 Å². The SMILES string of the molecule is CC(NS(=O)(=O)c1cncc(C#N)c1)C1CCCNC1. The monoisotopic (exact) mass is 294 g/mol. The van der Waals surface area contributed by atoms with E-state index in [4.69, 9.17) is 5.26 Å². The quantitative estimate of drug-likeness (QED) is 0.849. The standard InChI is InChI=1S/C13H18N4O2S/c1-10(12-3-2-4-15-8-12)17-20(18,19)13-5-11(6-14)7-16-9-13/h5,7,9-10,12,15,17H,2-4,8H2,1H3. The van der Waals surface area contributed by atoms with Gasteiger partial charge in [-0.05, 0) is 44.8 Å². The van der Waals surface area contributed by atoms with Gasteiger partial charge in [-0.2, -0.15) is 5.26 Å². The summed E-state index contributed by atoms with van der Waals surface area (Å²) in [5.41, 5.74) is 0.236. The molecule has 0 spiro atoms. The van der Waals surface area contributed by atoms with E-state index in [-0.39, 0.29) is 22.4 Å². The third-order valence-corrected chi connectivity index (χ3v) is 5.06. The first-order valence-electron chi connectivity index (χ1n) is 6.61. The molecular weight excluding hydrogens is 276 g/mol. The van der Waals surface area contributed by atoms with E-state index in [9.17, 15) is 8.42 Å². The summed E-state index contributed by atoms with van der Waals surface area (Å²) in [5, 5.41) is 12.1. The van der Waals surface area contributed by atoms with Crippen LogP contribution in [0.2, 0.25) is 0 Å². The average molecular weight is 294 g/mol. The maximum Gasteiger partial charge on any atom is 0.242 e. The molecule has 6 nitrogen and oxygen atoms in total. The van der Waals surface area contributed by atoms with Crippen LogP contribution in [0.1, 0.15) is 25.3 Å². The predicted molar refractivity (Wildman–Crippen MR) is 74.3 cm³/mol. The van der Waals surface area contributed by atoms with Crippen molar-refractivity contribution in [3.05, 3.63) is 24.0 Å². The van der Waals surface area contributed by atoms with Crippen LogP contribution in [0.25, 0.3) is 0 Å². The molecule has 2 N–H and O–H groups in total. The molecule has 7 heteroatoms. The molecule has 0 saturated carbocycles. The van der Waals surface area contributed by atoms with Crippen molar-refractivity contribution in [3.8, 4) is 6.07 Å². The second-order valence-electron chi connectivity index (χ2n) is 5.04. The summed E-state index contributed by atoms with van der Waals surface area (Å²) in [5.74, 6) is 0.283. The van der Waals surface area contributed by atoms with Gasteiger partial charge in [0.1, 0.15) is 11.0 Å². The van der Waals surface area contributed by atoms with E-state index in [0.29, 0.717) is 0 Å². The minimum absolute atomic E-state index is 0.0344. The summed E-state index contributed by atoms with van der Waals surface area (Å²) in [6.07, 6.45) is 4.66. The number of nitrogens with zero attached hydrogens (tertiary/aromatic N) is 2. The molecule has 1 saturated heterocycles. The van der Waals surface area contributed by atoms with Crippen LogP contribution in [0.5, 0.6) is 0 Å². The lowest BCUT2D eigenvalue weighted by molar-refractivity contribution is 0.320. The number of piperidine rings is 1. The van der Waals surface area contributed by atoms with Gasteiger partial charge in [-0.1, -0.05) is 0 Å². The number of hydrogen-bond acceptors (Lipinski definition) is 5. The smallest absolute Gasteiger partial charge is 0.242 e. The van der Waals surface area contributed by atoms with Crippen LogP contribution in [0, 0.1) is 17.2 Å². The molecule has 0 aromatic carbocycles. The van der Waals surface area contributed by atoms with Crippen LogP contribution >= 0.6 is 0 Å². The fourth-order valence-corrected chi connectivity index (χ4v) is 3.64. The fourth-order valence-electron chi connectivity index (χ4n) is 2.34. The number of nitriles is 1. The number of nitrogens with one attached hydrogen (secondary N) is 2. The highest BCUT2D eigenvalue weighted by Gasteiger charge is 2.25. The van der Waals surface area contributed by atoms with Gasteiger partial charge >= 0.3 is 0 Å². The first-order chi connectivity index (χ1) is 9.53. The third-order valence-electron chi connectivity index (χ3n) is 3.54. The molecule has 108 valence electrons. The van der Waals surface area contributed by atoms with Crippen molar-refractivity contribution in [2.75, 3.05) is 13.1 Å². The number of hydrogen-bond donors (Lipinski definition) is 2. The zero-order chi connectivity index (χ0) is 14.6. The van der Waals surface area contributed by atoms with Crippen molar-refractivity contribution >= 4 is 10.0 Å². The maximum absolute atomic E-state index is 12.3. The molecule has 1 aromatic rings. The van der Waals surface area contributed by atoms with Gasteiger partial charge in [0.25, 0.3) is 0 Å². The van der Waals surface area contributed by atoms with E-state index in [1.807, 2.05) is 13.0 Å². The lowest BCUT2D eigenvalue weighted by Crippen LogP contribution is -2.44. The van der Waals surface area contributed by atoms with Crippen LogP contribution in [0.4, 0.5) is 0 Å². The summed E-state index contributed by atoms with van der Waals surface area (Å²) in [7, 11) is -3.63. The third kappa shape index (κ3) is 3.54. The van der Waals surface area contributed by atoms with E-state index in [2.05, 4.69) is 15.0 Å². The Balaban J connectivity index is 2.12. The molecule has 2 heterocycles. The van der Waals surface area contributed by atoms with Crippen molar-refractivity contribution in [1.82, 2.24) is 15.0 Å². The Kier molecular flexibility index (Phi) is 4.70. The Morgan fingerprint density at radius 1 is 1.55 bits per heavy atom. The molecule has 1 fully saturated rings. The highest BCUT2D eigenvalue weighted by Crippen LogP contribution is 2.17. The van der Waals surface area contributed by atoms with Gasteiger partial charge in [-0.3, -0.25) is 4.98 Å². The van der Waals surface area contributed by atoms with Crippen LogP contribution in [-0.2, 0) is 10.0 Å². The summed E-state index contributed by atoms with van der Waals surface area (Å²) in [4.78, 5) is 3.82. The second kappa shape index (κ2) is 6.31. The largest absolute Gasteiger partial charge is 0.316 e. The molecule has 2 unspecified atom stereocenters. The number of rotatable bonds is 4. The van der Waals surface area contributed by atoms with Crippen molar-refractivity contribution < 1.29 is 8.42 Å². The van der Waals surface area contributed by atoms with E-state index in [1.165, 1.54) is 18.5 Å². The Bertz CT molecular complexity index is 603. The van der Waals surface area contributed by atoms with E-state index >= 15 is 0 Å². The van der Waals surface area contributed by atoms with Gasteiger partial charge in [-0.15, -0.1) is 0 Å². The van der Waals surface area contributed by atoms with Gasteiger partial charge < -0.3 is 5.32 Å². The number of aromatic nitrogens is 1.